The number of amides is 2. The van der Waals surface area contributed by atoms with E-state index in [0.717, 1.165) is 19.5 Å². The lowest BCUT2D eigenvalue weighted by atomic mass is 10.0. The Bertz CT molecular complexity index is 380. The molecule has 2 N–H and O–H groups in total. The lowest BCUT2D eigenvalue weighted by Gasteiger charge is -2.33. The third-order valence-corrected chi connectivity index (χ3v) is 5.28. The van der Waals surface area contributed by atoms with E-state index in [0.29, 0.717) is 24.2 Å². The van der Waals surface area contributed by atoms with Crippen molar-refractivity contribution in [3.63, 3.8) is 0 Å². The van der Waals surface area contributed by atoms with Gasteiger partial charge in [0.05, 0.1) is 5.88 Å². The number of hydrogen-bond donors (Lipinski definition) is 2. The topological polar surface area (TPSA) is 72.9 Å². The van der Waals surface area contributed by atoms with Gasteiger partial charge in [0.15, 0.2) is 0 Å². The van der Waals surface area contributed by atoms with Crippen LogP contribution < -0.4 is 5.32 Å². The zero-order chi connectivity index (χ0) is 15.2. The summed E-state index contributed by atoms with van der Waals surface area (Å²) in [5.74, 6) is 0.0253. The fourth-order valence-corrected chi connectivity index (χ4v) is 4.06. The monoisotopic (exact) mass is 315 g/mol. The molecule has 1 unspecified atom stereocenters. The van der Waals surface area contributed by atoms with Crippen LogP contribution >= 0.6 is 11.8 Å². The molecule has 2 saturated heterocycles. The molecule has 0 aliphatic carbocycles. The highest BCUT2D eigenvalue weighted by Gasteiger charge is 2.34. The number of thioether (sulfide) groups is 1. The quantitative estimate of drug-likeness (QED) is 0.751. The molecule has 0 aromatic heterocycles. The van der Waals surface area contributed by atoms with Crippen molar-refractivity contribution in [3.05, 3.63) is 0 Å². The summed E-state index contributed by atoms with van der Waals surface area (Å²) in [5, 5.41) is 11.9. The Morgan fingerprint density at radius 3 is 2.90 bits per heavy atom. The number of carboxylic acid groups (broad SMARTS) is 1. The largest absolute Gasteiger partial charge is 0.480 e. The van der Waals surface area contributed by atoms with Gasteiger partial charge < -0.3 is 20.2 Å². The van der Waals surface area contributed by atoms with Crippen LogP contribution in [-0.4, -0.2) is 70.3 Å². The average Bonchev–Trinajstić information content (AvgIpc) is 2.95. The summed E-state index contributed by atoms with van der Waals surface area (Å²) in [7, 11) is 0. The third kappa shape index (κ3) is 4.51. The van der Waals surface area contributed by atoms with Crippen molar-refractivity contribution in [2.75, 3.05) is 31.3 Å². The second-order valence-electron chi connectivity index (χ2n) is 5.79. The number of likely N-dealkylation sites (tertiary alicyclic amines) is 1. The first kappa shape index (κ1) is 16.4. The van der Waals surface area contributed by atoms with Crippen LogP contribution in [0.3, 0.4) is 0 Å². The first-order chi connectivity index (χ1) is 10.1. The summed E-state index contributed by atoms with van der Waals surface area (Å²) in [4.78, 5) is 26.9. The van der Waals surface area contributed by atoms with E-state index in [4.69, 9.17) is 5.11 Å². The second kappa shape index (κ2) is 7.89. The van der Waals surface area contributed by atoms with E-state index in [9.17, 15) is 9.59 Å². The highest BCUT2D eigenvalue weighted by atomic mass is 32.2. The highest BCUT2D eigenvalue weighted by Crippen LogP contribution is 2.21. The van der Waals surface area contributed by atoms with Gasteiger partial charge in [-0.15, -0.1) is 11.8 Å². The number of nitrogens with zero attached hydrogens (tertiary/aromatic N) is 2. The SMILES string of the molecule is CC1CCCCN1CCCNC(=O)N1CSC[C@H]1C(=O)O. The lowest BCUT2D eigenvalue weighted by molar-refractivity contribution is -0.140. The Morgan fingerprint density at radius 2 is 2.19 bits per heavy atom. The van der Waals surface area contributed by atoms with Crippen LogP contribution in [-0.2, 0) is 4.79 Å². The number of aliphatic carboxylic acids is 1. The smallest absolute Gasteiger partial charge is 0.327 e. The molecule has 0 aromatic carbocycles. The van der Waals surface area contributed by atoms with Crippen LogP contribution in [0.1, 0.15) is 32.6 Å². The van der Waals surface area contributed by atoms with E-state index in [1.165, 1.54) is 35.9 Å². The van der Waals surface area contributed by atoms with Crippen LogP contribution in [0, 0.1) is 0 Å². The van der Waals surface area contributed by atoms with Crippen molar-refractivity contribution in [1.82, 2.24) is 15.1 Å². The summed E-state index contributed by atoms with van der Waals surface area (Å²) in [6.45, 7) is 5.02. The third-order valence-electron chi connectivity index (χ3n) is 4.27. The Hall–Kier alpha value is -0.950. The van der Waals surface area contributed by atoms with Crippen molar-refractivity contribution >= 4 is 23.8 Å². The molecule has 0 radical (unpaired) electrons. The molecular weight excluding hydrogens is 290 g/mol. The molecule has 2 atom stereocenters. The van der Waals surface area contributed by atoms with E-state index >= 15 is 0 Å². The number of piperidine rings is 1. The van der Waals surface area contributed by atoms with Gasteiger partial charge in [-0.3, -0.25) is 0 Å². The van der Waals surface area contributed by atoms with Gasteiger partial charge in [0.1, 0.15) is 6.04 Å². The first-order valence-electron chi connectivity index (χ1n) is 7.68. The lowest BCUT2D eigenvalue weighted by Crippen LogP contribution is -2.47. The van der Waals surface area contributed by atoms with Crippen LogP contribution in [0.15, 0.2) is 0 Å². The molecule has 0 aromatic rings. The summed E-state index contributed by atoms with van der Waals surface area (Å²) in [5.41, 5.74) is 0. The van der Waals surface area contributed by atoms with Gasteiger partial charge in [-0.2, -0.15) is 0 Å². The average molecular weight is 315 g/mol. The maximum absolute atomic E-state index is 12.0. The Labute approximate surface area is 130 Å². The molecule has 0 saturated carbocycles. The molecule has 120 valence electrons. The number of nitrogens with one attached hydrogen (secondary N) is 1. The predicted molar refractivity (Wildman–Crippen MR) is 83.5 cm³/mol. The van der Waals surface area contributed by atoms with Crippen molar-refractivity contribution in [1.29, 1.82) is 0 Å². The number of hydrogen-bond acceptors (Lipinski definition) is 4. The minimum absolute atomic E-state index is 0.251. The molecule has 2 heterocycles. The van der Waals surface area contributed by atoms with E-state index in [-0.39, 0.29) is 6.03 Å². The van der Waals surface area contributed by atoms with Crippen molar-refractivity contribution in [3.8, 4) is 0 Å². The van der Waals surface area contributed by atoms with Gasteiger partial charge >= 0.3 is 12.0 Å². The van der Waals surface area contributed by atoms with Crippen molar-refractivity contribution in [2.24, 2.45) is 0 Å². The Balaban J connectivity index is 1.66. The van der Waals surface area contributed by atoms with Crippen LogP contribution in [0.4, 0.5) is 4.79 Å². The molecule has 7 heteroatoms. The van der Waals surface area contributed by atoms with Gasteiger partial charge in [-0.25, -0.2) is 9.59 Å². The Morgan fingerprint density at radius 1 is 1.38 bits per heavy atom. The van der Waals surface area contributed by atoms with Gasteiger partial charge in [0.2, 0.25) is 0 Å². The highest BCUT2D eigenvalue weighted by molar-refractivity contribution is 7.99. The fraction of sp³-hybridized carbons (Fsp3) is 0.857. The summed E-state index contributed by atoms with van der Waals surface area (Å²) in [6, 6.07) is -0.294. The standard InChI is InChI=1S/C14H25N3O3S/c1-11-5-2-3-7-16(11)8-4-6-15-14(20)17-10-21-9-12(17)13(18)19/h11-12H,2-10H2,1H3,(H,15,20)(H,18,19)/t11?,12-/m0/s1. The van der Waals surface area contributed by atoms with Gasteiger partial charge in [-0.1, -0.05) is 6.42 Å². The number of rotatable bonds is 5. The number of urea groups is 1. The van der Waals surface area contributed by atoms with E-state index in [2.05, 4.69) is 17.1 Å². The molecule has 0 bridgehead atoms. The first-order valence-corrected chi connectivity index (χ1v) is 8.84. The zero-order valence-corrected chi connectivity index (χ0v) is 13.4. The van der Waals surface area contributed by atoms with E-state index in [1.54, 1.807) is 0 Å². The van der Waals surface area contributed by atoms with Crippen LogP contribution in [0.25, 0.3) is 0 Å². The molecule has 2 rings (SSSR count). The summed E-state index contributed by atoms with van der Waals surface area (Å²) >= 11 is 1.49. The molecule has 2 aliphatic heterocycles. The number of carbonyl (C=O) groups excluding carboxylic acids is 1. The van der Waals surface area contributed by atoms with Crippen molar-refractivity contribution in [2.45, 2.75) is 44.7 Å². The molecule has 2 amide bonds. The molecule has 2 aliphatic rings. The summed E-state index contributed by atoms with van der Waals surface area (Å²) < 4.78 is 0. The normalized spacial score (nSPS) is 26.8. The van der Waals surface area contributed by atoms with Crippen LogP contribution in [0.5, 0.6) is 0 Å². The fourth-order valence-electron chi connectivity index (χ4n) is 2.92. The van der Waals surface area contributed by atoms with Crippen LogP contribution in [0.2, 0.25) is 0 Å². The van der Waals surface area contributed by atoms with Gasteiger partial charge in [0.25, 0.3) is 0 Å². The van der Waals surface area contributed by atoms with Crippen molar-refractivity contribution < 1.29 is 14.7 Å². The zero-order valence-electron chi connectivity index (χ0n) is 12.6. The number of carbonyl (C=O) groups is 2. The van der Waals surface area contributed by atoms with Gasteiger partial charge in [-0.05, 0) is 32.7 Å². The van der Waals surface area contributed by atoms with E-state index < -0.39 is 12.0 Å². The second-order valence-corrected chi connectivity index (χ2v) is 6.79. The predicted octanol–water partition coefficient (Wildman–Crippen LogP) is 1.42. The maximum Gasteiger partial charge on any atom is 0.327 e. The number of carboxylic acids is 1. The summed E-state index contributed by atoms with van der Waals surface area (Å²) in [6.07, 6.45) is 4.76. The minimum atomic E-state index is -0.919. The minimum Gasteiger partial charge on any atom is -0.480 e. The molecular formula is C14H25N3O3S. The van der Waals surface area contributed by atoms with E-state index in [1.807, 2.05) is 0 Å². The Kier molecular flexibility index (Phi) is 6.17. The molecule has 2 fully saturated rings. The molecule has 21 heavy (non-hydrogen) atoms. The van der Waals surface area contributed by atoms with Gasteiger partial charge in [0, 0.05) is 24.9 Å². The maximum atomic E-state index is 12.0. The molecule has 0 spiro atoms. The molecule has 6 nitrogen and oxygen atoms in total.